The summed E-state index contributed by atoms with van der Waals surface area (Å²) in [6.07, 6.45) is 1.64. The smallest absolute Gasteiger partial charge is 0.410 e. The molecule has 1 aromatic rings. The normalized spacial score (nSPS) is 14.9. The standard InChI is InChI=1S/C23H37N5O3.HI/c1-23(2,3)31-22(30)28-13-11-18(12-14-28)16-26-21(24-4)25-15-17-7-9-19(10-8-17)20(29)27(5)6;/h7-10,18H,11-16H2,1-6H3,(H2,24,25,26);1H. The summed E-state index contributed by atoms with van der Waals surface area (Å²) < 4.78 is 5.46. The third-order valence-electron chi connectivity index (χ3n) is 5.12. The van der Waals surface area contributed by atoms with Gasteiger partial charge in [-0.05, 0) is 57.2 Å². The Hall–Kier alpha value is -2.04. The summed E-state index contributed by atoms with van der Waals surface area (Å²) in [6, 6.07) is 7.58. The van der Waals surface area contributed by atoms with Gasteiger partial charge in [0.05, 0.1) is 0 Å². The first-order chi connectivity index (χ1) is 14.6. The van der Waals surface area contributed by atoms with E-state index in [9.17, 15) is 9.59 Å². The van der Waals surface area contributed by atoms with Gasteiger partial charge < -0.3 is 25.2 Å². The highest BCUT2D eigenvalue weighted by Gasteiger charge is 2.26. The zero-order chi connectivity index (χ0) is 23.0. The summed E-state index contributed by atoms with van der Waals surface area (Å²) in [5, 5.41) is 6.69. The Morgan fingerprint density at radius 1 is 1.12 bits per heavy atom. The number of hydrogen-bond donors (Lipinski definition) is 2. The van der Waals surface area contributed by atoms with Gasteiger partial charge in [-0.15, -0.1) is 24.0 Å². The van der Waals surface area contributed by atoms with E-state index in [2.05, 4.69) is 15.6 Å². The van der Waals surface area contributed by atoms with Crippen molar-refractivity contribution in [2.75, 3.05) is 40.8 Å². The molecule has 1 fully saturated rings. The minimum absolute atomic E-state index is 0. The van der Waals surface area contributed by atoms with Crippen LogP contribution in [0.15, 0.2) is 29.3 Å². The number of nitrogens with zero attached hydrogens (tertiary/aromatic N) is 3. The molecular weight excluding hydrogens is 521 g/mol. The minimum Gasteiger partial charge on any atom is -0.444 e. The molecule has 0 atom stereocenters. The molecule has 2 N–H and O–H groups in total. The summed E-state index contributed by atoms with van der Waals surface area (Å²) in [4.78, 5) is 31.8. The Labute approximate surface area is 209 Å². The van der Waals surface area contributed by atoms with E-state index >= 15 is 0 Å². The van der Waals surface area contributed by atoms with E-state index in [1.807, 2.05) is 45.0 Å². The number of carbonyl (C=O) groups excluding carboxylic acids is 2. The summed E-state index contributed by atoms with van der Waals surface area (Å²) in [5.41, 5.74) is 1.29. The quantitative estimate of drug-likeness (QED) is 0.329. The fraction of sp³-hybridized carbons (Fsp3) is 0.609. The van der Waals surface area contributed by atoms with Gasteiger partial charge in [0.25, 0.3) is 5.91 Å². The Balaban J connectivity index is 0.00000512. The number of benzene rings is 1. The molecule has 0 spiro atoms. The van der Waals surface area contributed by atoms with E-state index in [1.165, 1.54) is 0 Å². The third-order valence-corrected chi connectivity index (χ3v) is 5.12. The highest BCUT2D eigenvalue weighted by Crippen LogP contribution is 2.19. The molecule has 0 bridgehead atoms. The zero-order valence-corrected chi connectivity index (χ0v) is 22.4. The first-order valence-electron chi connectivity index (χ1n) is 10.8. The van der Waals surface area contributed by atoms with Gasteiger partial charge in [-0.2, -0.15) is 0 Å². The first-order valence-corrected chi connectivity index (χ1v) is 10.8. The van der Waals surface area contributed by atoms with Crippen LogP contribution in [-0.4, -0.2) is 74.1 Å². The van der Waals surface area contributed by atoms with Crippen molar-refractivity contribution >= 4 is 41.9 Å². The van der Waals surface area contributed by atoms with Crippen molar-refractivity contribution in [3.05, 3.63) is 35.4 Å². The largest absolute Gasteiger partial charge is 0.444 e. The monoisotopic (exact) mass is 559 g/mol. The number of aliphatic imine (C=N–C) groups is 1. The second-order valence-electron chi connectivity index (χ2n) is 9.11. The lowest BCUT2D eigenvalue weighted by Gasteiger charge is -2.33. The number of carbonyl (C=O) groups is 2. The van der Waals surface area contributed by atoms with E-state index in [4.69, 9.17) is 4.74 Å². The van der Waals surface area contributed by atoms with Crippen LogP contribution in [0.5, 0.6) is 0 Å². The molecule has 0 saturated carbocycles. The van der Waals surface area contributed by atoms with Gasteiger partial charge in [0.2, 0.25) is 0 Å². The first kappa shape index (κ1) is 28.0. The van der Waals surface area contributed by atoms with Gasteiger partial charge in [0.1, 0.15) is 5.60 Å². The van der Waals surface area contributed by atoms with Crippen molar-refractivity contribution in [1.29, 1.82) is 0 Å². The van der Waals surface area contributed by atoms with Crippen LogP contribution in [-0.2, 0) is 11.3 Å². The van der Waals surface area contributed by atoms with Gasteiger partial charge in [-0.3, -0.25) is 9.79 Å². The number of amides is 2. The van der Waals surface area contributed by atoms with E-state index < -0.39 is 5.60 Å². The molecule has 0 aromatic heterocycles. The van der Waals surface area contributed by atoms with Crippen LogP contribution < -0.4 is 10.6 Å². The van der Waals surface area contributed by atoms with Crippen molar-refractivity contribution in [2.45, 2.75) is 45.8 Å². The second-order valence-corrected chi connectivity index (χ2v) is 9.11. The molecule has 1 heterocycles. The van der Waals surface area contributed by atoms with Crippen molar-refractivity contribution in [2.24, 2.45) is 10.9 Å². The lowest BCUT2D eigenvalue weighted by molar-refractivity contribution is 0.0185. The van der Waals surface area contributed by atoms with Crippen molar-refractivity contribution < 1.29 is 14.3 Å². The van der Waals surface area contributed by atoms with Crippen LogP contribution in [0.25, 0.3) is 0 Å². The van der Waals surface area contributed by atoms with Crippen LogP contribution >= 0.6 is 24.0 Å². The van der Waals surface area contributed by atoms with E-state index in [0.29, 0.717) is 31.1 Å². The number of piperidine rings is 1. The summed E-state index contributed by atoms with van der Waals surface area (Å²) in [5.74, 6) is 1.21. The van der Waals surface area contributed by atoms with Gasteiger partial charge in [-0.25, -0.2) is 4.79 Å². The maximum atomic E-state index is 12.2. The Kier molecular flexibility index (Phi) is 11.2. The van der Waals surface area contributed by atoms with Crippen LogP contribution in [0, 0.1) is 5.92 Å². The molecule has 9 heteroatoms. The molecule has 1 aliphatic rings. The average molecular weight is 559 g/mol. The fourth-order valence-electron chi connectivity index (χ4n) is 3.32. The topological polar surface area (TPSA) is 86.3 Å². The number of guanidine groups is 1. The third kappa shape index (κ3) is 9.22. The summed E-state index contributed by atoms with van der Waals surface area (Å²) in [7, 11) is 5.24. The summed E-state index contributed by atoms with van der Waals surface area (Å²) >= 11 is 0. The van der Waals surface area contributed by atoms with Gasteiger partial charge in [0, 0.05) is 52.9 Å². The second kappa shape index (κ2) is 12.9. The lowest BCUT2D eigenvalue weighted by Crippen LogP contribution is -2.45. The number of hydrogen-bond acceptors (Lipinski definition) is 4. The molecular formula is C23H38IN5O3. The van der Waals surface area contributed by atoms with Gasteiger partial charge in [0.15, 0.2) is 5.96 Å². The molecule has 2 rings (SSSR count). The summed E-state index contributed by atoms with van der Waals surface area (Å²) in [6.45, 7) is 8.51. The SMILES string of the molecule is CN=C(NCc1ccc(C(=O)N(C)C)cc1)NCC1CCN(C(=O)OC(C)(C)C)CC1.I. The minimum atomic E-state index is -0.462. The molecule has 0 aliphatic carbocycles. The highest BCUT2D eigenvalue weighted by molar-refractivity contribution is 14.0. The van der Waals surface area contributed by atoms with Crippen LogP contribution in [0.3, 0.4) is 0 Å². The Morgan fingerprint density at radius 2 is 1.72 bits per heavy atom. The number of rotatable bonds is 5. The fourth-order valence-corrected chi connectivity index (χ4v) is 3.32. The molecule has 32 heavy (non-hydrogen) atoms. The number of likely N-dealkylation sites (tertiary alicyclic amines) is 1. The predicted molar refractivity (Wildman–Crippen MR) is 139 cm³/mol. The van der Waals surface area contributed by atoms with E-state index in [-0.39, 0.29) is 36.0 Å². The van der Waals surface area contributed by atoms with E-state index in [1.54, 1.807) is 30.9 Å². The van der Waals surface area contributed by atoms with Crippen LogP contribution in [0.4, 0.5) is 4.79 Å². The van der Waals surface area contributed by atoms with Crippen LogP contribution in [0.2, 0.25) is 0 Å². The number of nitrogens with one attached hydrogen (secondary N) is 2. The molecule has 0 radical (unpaired) electrons. The molecule has 8 nitrogen and oxygen atoms in total. The van der Waals surface area contributed by atoms with Gasteiger partial charge in [-0.1, -0.05) is 12.1 Å². The molecule has 2 amide bonds. The molecule has 1 saturated heterocycles. The lowest BCUT2D eigenvalue weighted by atomic mass is 9.97. The molecule has 180 valence electrons. The van der Waals surface area contributed by atoms with Gasteiger partial charge >= 0.3 is 6.09 Å². The van der Waals surface area contributed by atoms with Crippen molar-refractivity contribution in [3.8, 4) is 0 Å². The zero-order valence-electron chi connectivity index (χ0n) is 20.1. The molecule has 1 aromatic carbocycles. The average Bonchev–Trinajstić information content (AvgIpc) is 2.73. The number of ether oxygens (including phenoxy) is 1. The predicted octanol–water partition coefficient (Wildman–Crippen LogP) is 3.32. The highest BCUT2D eigenvalue weighted by atomic mass is 127. The van der Waals surface area contributed by atoms with Crippen molar-refractivity contribution in [1.82, 2.24) is 20.4 Å². The molecule has 0 unspecified atom stereocenters. The maximum absolute atomic E-state index is 12.2. The number of halogens is 1. The Bertz CT molecular complexity index is 767. The van der Waals surface area contributed by atoms with E-state index in [0.717, 1.165) is 30.9 Å². The Morgan fingerprint density at radius 3 is 2.22 bits per heavy atom. The maximum Gasteiger partial charge on any atom is 0.410 e. The van der Waals surface area contributed by atoms with Crippen molar-refractivity contribution in [3.63, 3.8) is 0 Å². The van der Waals surface area contributed by atoms with Crippen LogP contribution in [0.1, 0.15) is 49.5 Å². The molecule has 1 aliphatic heterocycles.